The predicted molar refractivity (Wildman–Crippen MR) is 63.1 cm³/mol. The zero-order valence-corrected chi connectivity index (χ0v) is 10.6. The Hall–Kier alpha value is -1.06. The Morgan fingerprint density at radius 3 is 2.12 bits per heavy atom. The van der Waals surface area contributed by atoms with Crippen LogP contribution in [0.3, 0.4) is 0 Å². The van der Waals surface area contributed by atoms with Crippen LogP contribution >= 0.6 is 0 Å². The highest BCUT2D eigenvalue weighted by Crippen LogP contribution is 2.07. The van der Waals surface area contributed by atoms with Crippen molar-refractivity contribution in [1.29, 1.82) is 0 Å². The van der Waals surface area contributed by atoms with Gasteiger partial charge in [-0.05, 0) is 18.3 Å². The lowest BCUT2D eigenvalue weighted by molar-refractivity contribution is -0.143. The van der Waals surface area contributed by atoms with Gasteiger partial charge in [-0.3, -0.25) is 4.79 Å². The van der Waals surface area contributed by atoms with Crippen LogP contribution in [-0.4, -0.2) is 23.0 Å². The molecular formula is C12H23NO3. The average molecular weight is 229 g/mol. The standard InChI is InChI=1S/C12H23NO3/c1-8(2)6-5-7-10(14)13-11(9(3)4)12(15)16/h8-9,11H,5-7H2,1-4H3,(H,13,14)(H,15,16)/t11-/m1/s1. The summed E-state index contributed by atoms with van der Waals surface area (Å²) < 4.78 is 0. The van der Waals surface area contributed by atoms with Crippen molar-refractivity contribution in [2.24, 2.45) is 11.8 Å². The molecule has 16 heavy (non-hydrogen) atoms. The van der Waals surface area contributed by atoms with Gasteiger partial charge in [0.25, 0.3) is 0 Å². The van der Waals surface area contributed by atoms with Gasteiger partial charge in [-0.1, -0.05) is 34.1 Å². The van der Waals surface area contributed by atoms with Crippen LogP contribution in [0.25, 0.3) is 0 Å². The second kappa shape index (κ2) is 7.25. The van der Waals surface area contributed by atoms with E-state index >= 15 is 0 Å². The van der Waals surface area contributed by atoms with E-state index < -0.39 is 12.0 Å². The topological polar surface area (TPSA) is 66.4 Å². The monoisotopic (exact) mass is 229 g/mol. The Morgan fingerprint density at radius 2 is 1.75 bits per heavy atom. The number of hydrogen-bond acceptors (Lipinski definition) is 2. The molecule has 0 aliphatic rings. The van der Waals surface area contributed by atoms with Crippen molar-refractivity contribution in [3.05, 3.63) is 0 Å². The van der Waals surface area contributed by atoms with Crippen LogP contribution in [0.4, 0.5) is 0 Å². The molecule has 0 aliphatic heterocycles. The molecule has 0 heterocycles. The average Bonchev–Trinajstić information content (AvgIpc) is 2.12. The molecule has 0 saturated heterocycles. The highest BCUT2D eigenvalue weighted by atomic mass is 16.4. The fourth-order valence-electron chi connectivity index (χ4n) is 1.43. The maximum absolute atomic E-state index is 11.5. The Kier molecular flexibility index (Phi) is 6.77. The van der Waals surface area contributed by atoms with Gasteiger partial charge in [-0.15, -0.1) is 0 Å². The summed E-state index contributed by atoms with van der Waals surface area (Å²) in [5.41, 5.74) is 0. The number of nitrogens with one attached hydrogen (secondary N) is 1. The highest BCUT2D eigenvalue weighted by Gasteiger charge is 2.22. The van der Waals surface area contributed by atoms with E-state index in [9.17, 15) is 9.59 Å². The van der Waals surface area contributed by atoms with E-state index in [0.717, 1.165) is 12.8 Å². The predicted octanol–water partition coefficient (Wildman–Crippen LogP) is 2.04. The Labute approximate surface area is 97.4 Å². The molecule has 0 unspecified atom stereocenters. The molecule has 1 amide bonds. The first-order valence-corrected chi connectivity index (χ1v) is 5.86. The lowest BCUT2D eigenvalue weighted by Crippen LogP contribution is -2.44. The van der Waals surface area contributed by atoms with Gasteiger partial charge in [0.2, 0.25) is 5.91 Å². The van der Waals surface area contributed by atoms with E-state index in [1.807, 2.05) is 0 Å². The third-order valence-corrected chi connectivity index (χ3v) is 2.43. The van der Waals surface area contributed by atoms with E-state index in [0.29, 0.717) is 12.3 Å². The molecule has 0 aliphatic carbocycles. The van der Waals surface area contributed by atoms with Gasteiger partial charge in [0, 0.05) is 6.42 Å². The normalized spacial score (nSPS) is 12.9. The van der Waals surface area contributed by atoms with E-state index in [2.05, 4.69) is 19.2 Å². The number of rotatable bonds is 7. The highest BCUT2D eigenvalue weighted by molar-refractivity contribution is 5.83. The van der Waals surface area contributed by atoms with Gasteiger partial charge in [0.05, 0.1) is 0 Å². The van der Waals surface area contributed by atoms with E-state index in [1.54, 1.807) is 13.8 Å². The molecule has 0 spiro atoms. The summed E-state index contributed by atoms with van der Waals surface area (Å²) in [6, 6.07) is -0.772. The van der Waals surface area contributed by atoms with Gasteiger partial charge < -0.3 is 10.4 Å². The molecule has 2 N–H and O–H groups in total. The minimum atomic E-state index is -0.966. The van der Waals surface area contributed by atoms with Gasteiger partial charge in [0.1, 0.15) is 6.04 Å². The van der Waals surface area contributed by atoms with Gasteiger partial charge >= 0.3 is 5.97 Å². The zero-order valence-electron chi connectivity index (χ0n) is 10.6. The summed E-state index contributed by atoms with van der Waals surface area (Å²) in [7, 11) is 0. The molecule has 1 atom stereocenters. The smallest absolute Gasteiger partial charge is 0.326 e. The number of carboxylic acids is 1. The van der Waals surface area contributed by atoms with Crippen molar-refractivity contribution in [2.75, 3.05) is 0 Å². The van der Waals surface area contributed by atoms with Gasteiger partial charge in [-0.2, -0.15) is 0 Å². The van der Waals surface area contributed by atoms with Crippen LogP contribution < -0.4 is 5.32 Å². The summed E-state index contributed by atoms with van der Waals surface area (Å²) in [4.78, 5) is 22.3. The first-order chi connectivity index (χ1) is 7.34. The fourth-order valence-corrected chi connectivity index (χ4v) is 1.43. The van der Waals surface area contributed by atoms with Crippen molar-refractivity contribution in [1.82, 2.24) is 5.32 Å². The Morgan fingerprint density at radius 1 is 1.19 bits per heavy atom. The van der Waals surface area contributed by atoms with Crippen LogP contribution in [0.1, 0.15) is 47.0 Å². The van der Waals surface area contributed by atoms with E-state index in [-0.39, 0.29) is 11.8 Å². The first kappa shape index (κ1) is 14.9. The molecule has 94 valence electrons. The summed E-state index contributed by atoms with van der Waals surface area (Å²) >= 11 is 0. The van der Waals surface area contributed by atoms with Crippen LogP contribution in [0.2, 0.25) is 0 Å². The number of carbonyl (C=O) groups excluding carboxylic acids is 1. The zero-order chi connectivity index (χ0) is 12.7. The van der Waals surface area contributed by atoms with E-state index in [1.165, 1.54) is 0 Å². The van der Waals surface area contributed by atoms with Crippen molar-refractivity contribution in [3.8, 4) is 0 Å². The Bertz CT molecular complexity index is 236. The lowest BCUT2D eigenvalue weighted by atomic mass is 10.0. The molecule has 0 rings (SSSR count). The Balaban J connectivity index is 3.97. The molecule has 0 aromatic heterocycles. The van der Waals surface area contributed by atoms with Crippen molar-refractivity contribution in [3.63, 3.8) is 0 Å². The third kappa shape index (κ3) is 6.43. The molecule has 4 heteroatoms. The van der Waals surface area contributed by atoms with Gasteiger partial charge in [-0.25, -0.2) is 4.79 Å². The third-order valence-electron chi connectivity index (χ3n) is 2.43. The maximum Gasteiger partial charge on any atom is 0.326 e. The molecule has 0 radical (unpaired) electrons. The number of carbonyl (C=O) groups is 2. The molecule has 4 nitrogen and oxygen atoms in total. The van der Waals surface area contributed by atoms with Crippen LogP contribution in [-0.2, 0) is 9.59 Å². The second-order valence-corrected chi connectivity index (χ2v) is 4.91. The number of carboxylic acid groups (broad SMARTS) is 1. The minimum Gasteiger partial charge on any atom is -0.480 e. The number of amides is 1. The van der Waals surface area contributed by atoms with Crippen LogP contribution in [0, 0.1) is 11.8 Å². The van der Waals surface area contributed by atoms with Crippen molar-refractivity contribution < 1.29 is 14.7 Å². The second-order valence-electron chi connectivity index (χ2n) is 4.91. The van der Waals surface area contributed by atoms with Crippen LogP contribution in [0.5, 0.6) is 0 Å². The number of aliphatic carboxylic acids is 1. The minimum absolute atomic E-state index is 0.0912. The lowest BCUT2D eigenvalue weighted by Gasteiger charge is -2.17. The quantitative estimate of drug-likeness (QED) is 0.702. The van der Waals surface area contributed by atoms with E-state index in [4.69, 9.17) is 5.11 Å². The molecule has 0 aromatic rings. The summed E-state index contributed by atoms with van der Waals surface area (Å²) in [6.07, 6.45) is 2.22. The summed E-state index contributed by atoms with van der Waals surface area (Å²) in [6.45, 7) is 7.78. The summed E-state index contributed by atoms with van der Waals surface area (Å²) in [5, 5.41) is 11.4. The van der Waals surface area contributed by atoms with Crippen LogP contribution in [0.15, 0.2) is 0 Å². The molecule has 0 aromatic carbocycles. The molecule has 0 fully saturated rings. The maximum atomic E-state index is 11.5. The first-order valence-electron chi connectivity index (χ1n) is 5.86. The van der Waals surface area contributed by atoms with Gasteiger partial charge in [0.15, 0.2) is 0 Å². The molecule has 0 saturated carbocycles. The fraction of sp³-hybridized carbons (Fsp3) is 0.833. The SMILES string of the molecule is CC(C)CCCC(=O)N[C@@H](C(=O)O)C(C)C. The summed E-state index contributed by atoms with van der Waals surface area (Å²) in [5.74, 6) is -0.645. The molecular weight excluding hydrogens is 206 g/mol. The van der Waals surface area contributed by atoms with Crippen molar-refractivity contribution in [2.45, 2.75) is 53.0 Å². The molecule has 0 bridgehead atoms. The van der Waals surface area contributed by atoms with Crippen molar-refractivity contribution >= 4 is 11.9 Å². The largest absolute Gasteiger partial charge is 0.480 e. The number of hydrogen-bond donors (Lipinski definition) is 2.